The van der Waals surface area contributed by atoms with Gasteiger partial charge in [-0.15, -0.1) is 0 Å². The zero-order valence-corrected chi connectivity index (χ0v) is 8.16. The standard InChI is InChI=1S/C13H16/c1-9-6-12-8-11(9)7-10-4-2-3-5-13(10)12/h2-5,9,11-12H,6-8H2,1H3. The SMILES string of the molecule is CC1CC2CC1Cc1ccccc12. The average molecular weight is 172 g/mol. The highest BCUT2D eigenvalue weighted by Gasteiger charge is 2.36. The van der Waals surface area contributed by atoms with Crippen molar-refractivity contribution in [1.82, 2.24) is 0 Å². The first kappa shape index (κ1) is 7.61. The summed E-state index contributed by atoms with van der Waals surface area (Å²) in [6.07, 6.45) is 4.23. The summed E-state index contributed by atoms with van der Waals surface area (Å²) < 4.78 is 0. The predicted molar refractivity (Wildman–Crippen MR) is 54.8 cm³/mol. The largest absolute Gasteiger partial charge is 0.0622 e. The Morgan fingerprint density at radius 1 is 1.15 bits per heavy atom. The van der Waals surface area contributed by atoms with Crippen molar-refractivity contribution >= 4 is 0 Å². The van der Waals surface area contributed by atoms with Gasteiger partial charge in [-0.3, -0.25) is 0 Å². The van der Waals surface area contributed by atoms with Gasteiger partial charge in [0.15, 0.2) is 0 Å². The van der Waals surface area contributed by atoms with Crippen LogP contribution >= 0.6 is 0 Å². The summed E-state index contributed by atoms with van der Waals surface area (Å²) in [6, 6.07) is 9.05. The van der Waals surface area contributed by atoms with Crippen LogP contribution in [0, 0.1) is 11.8 Å². The Morgan fingerprint density at radius 2 is 2.00 bits per heavy atom. The number of rotatable bonds is 0. The van der Waals surface area contributed by atoms with Gasteiger partial charge in [0.2, 0.25) is 0 Å². The fourth-order valence-corrected chi connectivity index (χ4v) is 3.27. The highest BCUT2D eigenvalue weighted by atomic mass is 14.4. The third-order valence-corrected chi connectivity index (χ3v) is 4.03. The predicted octanol–water partition coefficient (Wildman–Crippen LogP) is 3.37. The average Bonchev–Trinajstić information content (AvgIpc) is 2.44. The Kier molecular flexibility index (Phi) is 1.52. The summed E-state index contributed by atoms with van der Waals surface area (Å²) in [5.74, 6) is 2.84. The van der Waals surface area contributed by atoms with Crippen molar-refractivity contribution in [3.05, 3.63) is 35.4 Å². The Bertz CT molecular complexity index is 325. The topological polar surface area (TPSA) is 0 Å². The van der Waals surface area contributed by atoms with Gasteiger partial charge in [-0.05, 0) is 48.1 Å². The Labute approximate surface area is 80.0 Å². The van der Waals surface area contributed by atoms with Crippen molar-refractivity contribution in [3.63, 3.8) is 0 Å². The molecule has 1 aromatic rings. The molecule has 0 N–H and O–H groups in total. The van der Waals surface area contributed by atoms with E-state index < -0.39 is 0 Å². The number of benzene rings is 1. The molecule has 0 saturated heterocycles. The summed E-state index contributed by atoms with van der Waals surface area (Å²) in [6.45, 7) is 2.43. The lowest BCUT2D eigenvalue weighted by molar-refractivity contribution is 0.412. The molecule has 0 heterocycles. The van der Waals surface area contributed by atoms with Crippen molar-refractivity contribution in [2.75, 3.05) is 0 Å². The van der Waals surface area contributed by atoms with Gasteiger partial charge in [0.25, 0.3) is 0 Å². The monoisotopic (exact) mass is 172 g/mol. The molecule has 3 atom stereocenters. The second kappa shape index (κ2) is 2.60. The summed E-state index contributed by atoms with van der Waals surface area (Å²) in [7, 11) is 0. The molecule has 3 rings (SSSR count). The number of fused-ring (bicyclic) bond motifs is 4. The lowest BCUT2D eigenvalue weighted by Gasteiger charge is -2.23. The van der Waals surface area contributed by atoms with E-state index in [0.717, 1.165) is 17.8 Å². The Balaban J connectivity index is 2.08. The fraction of sp³-hybridized carbons (Fsp3) is 0.538. The van der Waals surface area contributed by atoms with E-state index in [1.165, 1.54) is 19.3 Å². The van der Waals surface area contributed by atoms with Crippen molar-refractivity contribution in [2.24, 2.45) is 11.8 Å². The molecule has 2 aliphatic carbocycles. The molecule has 0 nitrogen and oxygen atoms in total. The molecule has 2 aliphatic rings. The van der Waals surface area contributed by atoms with Gasteiger partial charge in [0.05, 0.1) is 0 Å². The van der Waals surface area contributed by atoms with Gasteiger partial charge in [-0.2, -0.15) is 0 Å². The molecule has 3 unspecified atom stereocenters. The summed E-state index contributed by atoms with van der Waals surface area (Å²) in [4.78, 5) is 0. The van der Waals surface area contributed by atoms with Crippen molar-refractivity contribution in [2.45, 2.75) is 32.1 Å². The first-order chi connectivity index (χ1) is 6.34. The molecule has 0 radical (unpaired) electrons. The van der Waals surface area contributed by atoms with E-state index in [1.54, 1.807) is 11.1 Å². The minimum atomic E-state index is 0.893. The van der Waals surface area contributed by atoms with Crippen LogP contribution < -0.4 is 0 Å². The van der Waals surface area contributed by atoms with E-state index in [0.29, 0.717) is 0 Å². The summed E-state index contributed by atoms with van der Waals surface area (Å²) in [5, 5.41) is 0. The molecule has 0 spiro atoms. The second-order valence-electron chi connectivity index (χ2n) is 4.81. The van der Waals surface area contributed by atoms with Crippen LogP contribution in [0.2, 0.25) is 0 Å². The van der Waals surface area contributed by atoms with E-state index in [1.807, 2.05) is 0 Å². The third kappa shape index (κ3) is 1.04. The van der Waals surface area contributed by atoms with Gasteiger partial charge in [-0.1, -0.05) is 31.2 Å². The van der Waals surface area contributed by atoms with E-state index in [2.05, 4.69) is 31.2 Å². The first-order valence-corrected chi connectivity index (χ1v) is 5.42. The maximum absolute atomic E-state index is 2.43. The highest BCUT2D eigenvalue weighted by molar-refractivity contribution is 5.34. The van der Waals surface area contributed by atoms with Crippen molar-refractivity contribution in [3.8, 4) is 0 Å². The molecule has 0 aliphatic heterocycles. The molecule has 13 heavy (non-hydrogen) atoms. The van der Waals surface area contributed by atoms with Crippen LogP contribution in [0.1, 0.15) is 36.8 Å². The van der Waals surface area contributed by atoms with Gasteiger partial charge in [0.1, 0.15) is 0 Å². The smallest absolute Gasteiger partial charge is 0.0154 e. The molecule has 2 bridgehead atoms. The van der Waals surface area contributed by atoms with E-state index in [4.69, 9.17) is 0 Å². The molecule has 1 saturated carbocycles. The maximum Gasteiger partial charge on any atom is -0.0154 e. The second-order valence-corrected chi connectivity index (χ2v) is 4.81. The van der Waals surface area contributed by atoms with Crippen molar-refractivity contribution < 1.29 is 0 Å². The molecule has 0 heteroatoms. The first-order valence-electron chi connectivity index (χ1n) is 5.42. The molecule has 1 aromatic carbocycles. The zero-order valence-electron chi connectivity index (χ0n) is 8.16. The van der Waals surface area contributed by atoms with Gasteiger partial charge < -0.3 is 0 Å². The Hall–Kier alpha value is -0.780. The lowest BCUT2D eigenvalue weighted by atomic mass is 9.82. The van der Waals surface area contributed by atoms with Crippen LogP contribution in [0.4, 0.5) is 0 Å². The van der Waals surface area contributed by atoms with Crippen LogP contribution in [-0.4, -0.2) is 0 Å². The van der Waals surface area contributed by atoms with Gasteiger partial charge >= 0.3 is 0 Å². The summed E-state index contributed by atoms with van der Waals surface area (Å²) in [5.41, 5.74) is 3.29. The lowest BCUT2D eigenvalue weighted by Crippen LogP contribution is -2.12. The molecule has 0 aromatic heterocycles. The molecular weight excluding hydrogens is 156 g/mol. The van der Waals surface area contributed by atoms with Crippen LogP contribution in [0.25, 0.3) is 0 Å². The molecular formula is C13H16. The van der Waals surface area contributed by atoms with E-state index in [-0.39, 0.29) is 0 Å². The van der Waals surface area contributed by atoms with Crippen LogP contribution in [0.3, 0.4) is 0 Å². The summed E-state index contributed by atoms with van der Waals surface area (Å²) >= 11 is 0. The number of hydrogen-bond acceptors (Lipinski definition) is 0. The molecule has 0 amide bonds. The normalized spacial score (nSPS) is 35.9. The minimum Gasteiger partial charge on any atom is -0.0622 e. The maximum atomic E-state index is 2.43. The highest BCUT2D eigenvalue weighted by Crippen LogP contribution is 2.48. The minimum absolute atomic E-state index is 0.893. The van der Waals surface area contributed by atoms with Gasteiger partial charge in [0, 0.05) is 0 Å². The molecule has 68 valence electrons. The molecule has 1 fully saturated rings. The Morgan fingerprint density at radius 3 is 2.92 bits per heavy atom. The quantitative estimate of drug-likeness (QED) is 0.563. The van der Waals surface area contributed by atoms with E-state index >= 15 is 0 Å². The zero-order chi connectivity index (χ0) is 8.84. The third-order valence-electron chi connectivity index (χ3n) is 4.03. The fourth-order valence-electron chi connectivity index (χ4n) is 3.27. The van der Waals surface area contributed by atoms with E-state index in [9.17, 15) is 0 Å². The van der Waals surface area contributed by atoms with Crippen LogP contribution in [-0.2, 0) is 6.42 Å². The van der Waals surface area contributed by atoms with Gasteiger partial charge in [-0.25, -0.2) is 0 Å². The van der Waals surface area contributed by atoms with Crippen molar-refractivity contribution in [1.29, 1.82) is 0 Å². The van der Waals surface area contributed by atoms with Crippen LogP contribution in [0.5, 0.6) is 0 Å². The number of hydrogen-bond donors (Lipinski definition) is 0. The van der Waals surface area contributed by atoms with Crippen LogP contribution in [0.15, 0.2) is 24.3 Å².